The SMILES string of the molecule is CCn1nc(C)c(Cl)c1CC(N)c1ccc(Br)c(Cl)c1. The minimum Gasteiger partial charge on any atom is -0.324 e. The van der Waals surface area contributed by atoms with Crippen LogP contribution >= 0.6 is 39.1 Å². The van der Waals surface area contributed by atoms with Crippen LogP contribution in [0.15, 0.2) is 22.7 Å². The van der Waals surface area contributed by atoms with Gasteiger partial charge in [0.05, 0.1) is 21.4 Å². The number of hydrogen-bond donors (Lipinski definition) is 1. The Labute approximate surface area is 137 Å². The molecular weight excluding hydrogens is 361 g/mol. The predicted octanol–water partition coefficient (Wildman–Crippen LogP) is 4.52. The Morgan fingerprint density at radius 2 is 2.10 bits per heavy atom. The van der Waals surface area contributed by atoms with Crippen molar-refractivity contribution in [3.05, 3.63) is 49.7 Å². The third-order valence-electron chi connectivity index (χ3n) is 3.24. The maximum Gasteiger partial charge on any atom is 0.0847 e. The molecular formula is C14H16BrCl2N3. The van der Waals surface area contributed by atoms with E-state index in [1.165, 1.54) is 0 Å². The Morgan fingerprint density at radius 3 is 2.70 bits per heavy atom. The van der Waals surface area contributed by atoms with Gasteiger partial charge in [-0.15, -0.1) is 0 Å². The summed E-state index contributed by atoms with van der Waals surface area (Å²) in [7, 11) is 0. The molecule has 0 aliphatic heterocycles. The summed E-state index contributed by atoms with van der Waals surface area (Å²) in [5.74, 6) is 0. The number of nitrogens with two attached hydrogens (primary N) is 1. The van der Waals surface area contributed by atoms with Gasteiger partial charge in [0.1, 0.15) is 0 Å². The van der Waals surface area contributed by atoms with Gasteiger partial charge in [0.25, 0.3) is 0 Å². The van der Waals surface area contributed by atoms with Gasteiger partial charge in [0, 0.05) is 23.5 Å². The lowest BCUT2D eigenvalue weighted by molar-refractivity contribution is 0.587. The molecule has 0 saturated heterocycles. The fourth-order valence-electron chi connectivity index (χ4n) is 2.13. The second-order valence-electron chi connectivity index (χ2n) is 4.65. The lowest BCUT2D eigenvalue weighted by Gasteiger charge is -2.14. The molecule has 20 heavy (non-hydrogen) atoms. The normalized spacial score (nSPS) is 12.7. The molecule has 1 atom stereocenters. The molecule has 1 aromatic carbocycles. The van der Waals surface area contributed by atoms with Crippen LogP contribution in [0.1, 0.15) is 29.9 Å². The van der Waals surface area contributed by atoms with Crippen LogP contribution in [-0.2, 0) is 13.0 Å². The summed E-state index contributed by atoms with van der Waals surface area (Å²) in [5.41, 5.74) is 9.06. The van der Waals surface area contributed by atoms with E-state index in [0.29, 0.717) is 16.5 Å². The Morgan fingerprint density at radius 1 is 1.40 bits per heavy atom. The molecule has 1 unspecified atom stereocenters. The number of hydrogen-bond acceptors (Lipinski definition) is 2. The zero-order chi connectivity index (χ0) is 14.9. The van der Waals surface area contributed by atoms with Gasteiger partial charge in [0.2, 0.25) is 0 Å². The molecule has 3 nitrogen and oxygen atoms in total. The van der Waals surface area contributed by atoms with Gasteiger partial charge in [-0.1, -0.05) is 29.3 Å². The number of aromatic nitrogens is 2. The lowest BCUT2D eigenvalue weighted by atomic mass is 10.0. The van der Waals surface area contributed by atoms with Crippen LogP contribution in [0.25, 0.3) is 0 Å². The first-order valence-corrected chi connectivity index (χ1v) is 7.91. The summed E-state index contributed by atoms with van der Waals surface area (Å²) < 4.78 is 2.76. The Kier molecular flexibility index (Phi) is 5.13. The standard InChI is InChI=1S/C14H16BrCl2N3/c1-3-20-13(14(17)8(2)19-20)7-12(18)9-4-5-10(15)11(16)6-9/h4-6,12H,3,7,18H2,1-2H3. The van der Waals surface area contributed by atoms with Crippen LogP contribution in [-0.4, -0.2) is 9.78 Å². The summed E-state index contributed by atoms with van der Waals surface area (Å²) in [6.07, 6.45) is 0.630. The average Bonchev–Trinajstić information content (AvgIpc) is 2.69. The van der Waals surface area contributed by atoms with E-state index in [1.54, 1.807) is 0 Å². The quantitative estimate of drug-likeness (QED) is 0.852. The van der Waals surface area contributed by atoms with Crippen LogP contribution < -0.4 is 5.73 Å². The third kappa shape index (κ3) is 3.19. The summed E-state index contributed by atoms with van der Waals surface area (Å²) in [6, 6.07) is 5.58. The van der Waals surface area contributed by atoms with Crippen molar-refractivity contribution in [3.63, 3.8) is 0 Å². The van der Waals surface area contributed by atoms with Crippen molar-refractivity contribution in [3.8, 4) is 0 Å². The monoisotopic (exact) mass is 375 g/mol. The van der Waals surface area contributed by atoms with Crippen molar-refractivity contribution >= 4 is 39.1 Å². The van der Waals surface area contributed by atoms with Crippen LogP contribution in [0.5, 0.6) is 0 Å². The van der Waals surface area contributed by atoms with Crippen molar-refractivity contribution in [2.75, 3.05) is 0 Å². The van der Waals surface area contributed by atoms with Gasteiger partial charge >= 0.3 is 0 Å². The lowest BCUT2D eigenvalue weighted by Crippen LogP contribution is -2.16. The maximum absolute atomic E-state index is 6.31. The average molecular weight is 377 g/mol. The van der Waals surface area contributed by atoms with E-state index in [-0.39, 0.29) is 6.04 Å². The Hall–Kier alpha value is -0.550. The molecule has 0 bridgehead atoms. The minimum atomic E-state index is -0.167. The molecule has 0 spiro atoms. The van der Waals surface area contributed by atoms with Crippen LogP contribution in [0, 0.1) is 6.92 Å². The van der Waals surface area contributed by atoms with Gasteiger partial charge < -0.3 is 5.73 Å². The summed E-state index contributed by atoms with van der Waals surface area (Å²) >= 11 is 15.8. The molecule has 6 heteroatoms. The van der Waals surface area contributed by atoms with Crippen LogP contribution in [0.3, 0.4) is 0 Å². The largest absolute Gasteiger partial charge is 0.324 e. The summed E-state index contributed by atoms with van der Waals surface area (Å²) in [4.78, 5) is 0. The van der Waals surface area contributed by atoms with E-state index in [4.69, 9.17) is 28.9 Å². The van der Waals surface area contributed by atoms with Crippen LogP contribution in [0.4, 0.5) is 0 Å². The van der Waals surface area contributed by atoms with Gasteiger partial charge in [-0.2, -0.15) is 5.10 Å². The molecule has 1 heterocycles. The van der Waals surface area contributed by atoms with Crippen LogP contribution in [0.2, 0.25) is 10.0 Å². The number of halogens is 3. The van der Waals surface area contributed by atoms with Gasteiger partial charge in [-0.05, 0) is 47.5 Å². The van der Waals surface area contributed by atoms with Gasteiger partial charge in [0.15, 0.2) is 0 Å². The van der Waals surface area contributed by atoms with E-state index in [0.717, 1.165) is 28.0 Å². The molecule has 1 aromatic heterocycles. The van der Waals surface area contributed by atoms with E-state index < -0.39 is 0 Å². The molecule has 0 amide bonds. The number of nitrogens with zero attached hydrogens (tertiary/aromatic N) is 2. The Bertz CT molecular complexity index is 625. The maximum atomic E-state index is 6.31. The number of rotatable bonds is 4. The van der Waals surface area contributed by atoms with Crippen molar-refractivity contribution in [1.29, 1.82) is 0 Å². The number of aryl methyl sites for hydroxylation is 2. The van der Waals surface area contributed by atoms with Crippen molar-refractivity contribution in [2.45, 2.75) is 32.9 Å². The third-order valence-corrected chi connectivity index (χ3v) is 4.96. The van der Waals surface area contributed by atoms with Gasteiger partial charge in [-0.3, -0.25) is 4.68 Å². The number of benzene rings is 1. The summed E-state index contributed by atoms with van der Waals surface area (Å²) in [5, 5.41) is 5.76. The first-order valence-electron chi connectivity index (χ1n) is 6.36. The highest BCUT2D eigenvalue weighted by molar-refractivity contribution is 9.10. The second-order valence-corrected chi connectivity index (χ2v) is 6.29. The highest BCUT2D eigenvalue weighted by Crippen LogP contribution is 2.29. The molecule has 2 N–H and O–H groups in total. The molecule has 0 aliphatic rings. The highest BCUT2D eigenvalue weighted by Gasteiger charge is 2.17. The fraction of sp³-hybridized carbons (Fsp3) is 0.357. The fourth-order valence-corrected chi connectivity index (χ4v) is 2.78. The molecule has 0 radical (unpaired) electrons. The van der Waals surface area contributed by atoms with Crippen molar-refractivity contribution in [2.24, 2.45) is 5.73 Å². The molecule has 0 aliphatic carbocycles. The zero-order valence-corrected chi connectivity index (χ0v) is 14.4. The van der Waals surface area contributed by atoms with E-state index >= 15 is 0 Å². The molecule has 108 valence electrons. The first kappa shape index (κ1) is 15.8. The van der Waals surface area contributed by atoms with E-state index in [9.17, 15) is 0 Å². The smallest absolute Gasteiger partial charge is 0.0847 e. The minimum absolute atomic E-state index is 0.167. The molecule has 0 saturated carbocycles. The van der Waals surface area contributed by atoms with E-state index in [2.05, 4.69) is 21.0 Å². The zero-order valence-electron chi connectivity index (χ0n) is 11.3. The van der Waals surface area contributed by atoms with Crippen molar-refractivity contribution < 1.29 is 0 Å². The summed E-state index contributed by atoms with van der Waals surface area (Å²) in [6.45, 7) is 4.71. The predicted molar refractivity (Wildman–Crippen MR) is 87.4 cm³/mol. The molecule has 2 rings (SSSR count). The second kappa shape index (κ2) is 6.48. The first-order chi connectivity index (χ1) is 9.43. The van der Waals surface area contributed by atoms with E-state index in [1.807, 2.05) is 36.7 Å². The topological polar surface area (TPSA) is 43.8 Å². The highest BCUT2D eigenvalue weighted by atomic mass is 79.9. The van der Waals surface area contributed by atoms with Crippen molar-refractivity contribution in [1.82, 2.24) is 9.78 Å². The molecule has 2 aromatic rings. The Balaban J connectivity index is 2.27. The van der Waals surface area contributed by atoms with Gasteiger partial charge in [-0.25, -0.2) is 0 Å². The molecule has 0 fully saturated rings.